The summed E-state index contributed by atoms with van der Waals surface area (Å²) >= 11 is 6.19. The molecule has 0 saturated heterocycles. The van der Waals surface area contributed by atoms with Crippen molar-refractivity contribution in [3.05, 3.63) is 100 Å². The number of sulfonamides is 1. The second-order valence-electron chi connectivity index (χ2n) is 8.14. The smallest absolute Gasteiger partial charge is 0.232 e. The van der Waals surface area contributed by atoms with Gasteiger partial charge in [-0.15, -0.1) is 0 Å². The van der Waals surface area contributed by atoms with Crippen molar-refractivity contribution in [1.82, 2.24) is 5.32 Å². The number of carbonyl (C=O) groups excluding carboxylic acids is 1. The van der Waals surface area contributed by atoms with Gasteiger partial charge in [0, 0.05) is 18.0 Å². The van der Waals surface area contributed by atoms with Crippen molar-refractivity contribution in [3.63, 3.8) is 0 Å². The molecule has 0 heterocycles. The van der Waals surface area contributed by atoms with E-state index in [9.17, 15) is 13.2 Å². The topological polar surface area (TPSA) is 66.5 Å². The lowest BCUT2D eigenvalue weighted by atomic mass is 9.97. The molecule has 3 aromatic carbocycles. The van der Waals surface area contributed by atoms with Crippen molar-refractivity contribution in [2.75, 3.05) is 17.1 Å². The standard InChI is InChI=1S/C26H29ClN2O3S/c1-19-14-16-22(17-15-19)26(21-9-5-4-6-10-21)28-25(30)13-8-18-29(33(3,31)32)24-12-7-11-23(27)20(24)2/h4-7,9-12,14-17,26H,8,13,18H2,1-3H3,(H,28,30)/t26-/m1/s1. The highest BCUT2D eigenvalue weighted by molar-refractivity contribution is 7.92. The van der Waals surface area contributed by atoms with Crippen LogP contribution in [0.25, 0.3) is 0 Å². The molecular formula is C26H29ClN2O3S. The fraction of sp³-hybridized carbons (Fsp3) is 0.269. The molecule has 0 aliphatic carbocycles. The molecule has 0 aliphatic rings. The molecule has 174 valence electrons. The van der Waals surface area contributed by atoms with E-state index >= 15 is 0 Å². The number of benzene rings is 3. The van der Waals surface area contributed by atoms with Crippen molar-refractivity contribution in [2.45, 2.75) is 32.7 Å². The van der Waals surface area contributed by atoms with Gasteiger partial charge in [0.05, 0.1) is 18.0 Å². The van der Waals surface area contributed by atoms with Crippen molar-refractivity contribution < 1.29 is 13.2 Å². The van der Waals surface area contributed by atoms with Crippen LogP contribution in [0.2, 0.25) is 5.02 Å². The average molecular weight is 485 g/mol. The molecular weight excluding hydrogens is 456 g/mol. The number of nitrogens with one attached hydrogen (secondary N) is 1. The van der Waals surface area contributed by atoms with Crippen LogP contribution < -0.4 is 9.62 Å². The summed E-state index contributed by atoms with van der Waals surface area (Å²) in [6, 6.07) is 22.8. The van der Waals surface area contributed by atoms with E-state index in [4.69, 9.17) is 11.6 Å². The zero-order chi connectivity index (χ0) is 24.0. The number of carbonyl (C=O) groups is 1. The van der Waals surface area contributed by atoms with Gasteiger partial charge in [-0.1, -0.05) is 77.8 Å². The number of anilines is 1. The van der Waals surface area contributed by atoms with Gasteiger partial charge in [0.25, 0.3) is 0 Å². The van der Waals surface area contributed by atoms with Gasteiger partial charge < -0.3 is 5.32 Å². The van der Waals surface area contributed by atoms with E-state index in [1.807, 2.05) is 61.5 Å². The van der Waals surface area contributed by atoms with Crippen LogP contribution in [0.15, 0.2) is 72.8 Å². The quantitative estimate of drug-likeness (QED) is 0.441. The predicted octanol–water partition coefficient (Wildman–Crippen LogP) is 5.41. The molecule has 0 aromatic heterocycles. The zero-order valence-electron chi connectivity index (χ0n) is 19.1. The molecule has 0 bridgehead atoms. The SMILES string of the molecule is Cc1ccc([C@H](NC(=O)CCCN(c2cccc(Cl)c2C)S(C)(=O)=O)c2ccccc2)cc1. The Morgan fingerprint density at radius 3 is 2.21 bits per heavy atom. The number of aryl methyl sites for hydroxylation is 1. The minimum Gasteiger partial charge on any atom is -0.345 e. The lowest BCUT2D eigenvalue weighted by Gasteiger charge is -2.25. The van der Waals surface area contributed by atoms with E-state index in [2.05, 4.69) is 5.32 Å². The zero-order valence-corrected chi connectivity index (χ0v) is 20.7. The molecule has 7 heteroatoms. The fourth-order valence-corrected chi connectivity index (χ4v) is 4.90. The molecule has 0 radical (unpaired) electrons. The first-order valence-electron chi connectivity index (χ1n) is 10.8. The third kappa shape index (κ3) is 6.59. The van der Waals surface area contributed by atoms with Crippen LogP contribution in [0, 0.1) is 13.8 Å². The highest BCUT2D eigenvalue weighted by Crippen LogP contribution is 2.28. The first kappa shape index (κ1) is 24.8. The minimum atomic E-state index is -3.53. The normalized spacial score (nSPS) is 12.2. The van der Waals surface area contributed by atoms with Crippen LogP contribution in [0.3, 0.4) is 0 Å². The Balaban J connectivity index is 1.71. The van der Waals surface area contributed by atoms with Crippen LogP contribution in [-0.2, 0) is 14.8 Å². The number of nitrogens with zero attached hydrogens (tertiary/aromatic N) is 1. The van der Waals surface area contributed by atoms with Crippen LogP contribution >= 0.6 is 11.6 Å². The van der Waals surface area contributed by atoms with Gasteiger partial charge >= 0.3 is 0 Å². The third-order valence-corrected chi connectivity index (χ3v) is 7.11. The number of amides is 1. The summed E-state index contributed by atoms with van der Waals surface area (Å²) in [6.07, 6.45) is 1.73. The maximum Gasteiger partial charge on any atom is 0.232 e. The van der Waals surface area contributed by atoms with E-state index in [1.165, 1.54) is 4.31 Å². The van der Waals surface area contributed by atoms with Gasteiger partial charge in [0.15, 0.2) is 0 Å². The van der Waals surface area contributed by atoms with Crippen molar-refractivity contribution in [2.24, 2.45) is 0 Å². The largest absolute Gasteiger partial charge is 0.345 e. The van der Waals surface area contributed by atoms with E-state index in [0.29, 0.717) is 22.7 Å². The molecule has 33 heavy (non-hydrogen) atoms. The van der Waals surface area contributed by atoms with E-state index in [0.717, 1.165) is 22.9 Å². The van der Waals surface area contributed by atoms with Crippen molar-refractivity contribution in [3.8, 4) is 0 Å². The number of rotatable bonds is 9. The lowest BCUT2D eigenvalue weighted by molar-refractivity contribution is -0.121. The summed E-state index contributed by atoms with van der Waals surface area (Å²) in [6.45, 7) is 4.00. The first-order chi connectivity index (χ1) is 15.7. The van der Waals surface area contributed by atoms with E-state index < -0.39 is 10.0 Å². The van der Waals surface area contributed by atoms with Crippen LogP contribution in [0.4, 0.5) is 5.69 Å². The summed E-state index contributed by atoms with van der Waals surface area (Å²) in [7, 11) is -3.53. The van der Waals surface area contributed by atoms with Gasteiger partial charge in [-0.05, 0) is 49.1 Å². The highest BCUT2D eigenvalue weighted by Gasteiger charge is 2.21. The molecule has 1 atom stereocenters. The summed E-state index contributed by atoms with van der Waals surface area (Å²) in [4.78, 5) is 12.9. The first-order valence-corrected chi connectivity index (χ1v) is 13.0. The Labute approximate surface area is 201 Å². The van der Waals surface area contributed by atoms with E-state index in [1.54, 1.807) is 25.1 Å². The second-order valence-corrected chi connectivity index (χ2v) is 10.5. The number of hydrogen-bond donors (Lipinski definition) is 1. The maximum absolute atomic E-state index is 12.9. The lowest BCUT2D eigenvalue weighted by Crippen LogP contribution is -2.33. The molecule has 0 saturated carbocycles. The molecule has 3 aromatic rings. The van der Waals surface area contributed by atoms with E-state index in [-0.39, 0.29) is 24.9 Å². The van der Waals surface area contributed by atoms with Gasteiger partial charge in [-0.25, -0.2) is 8.42 Å². The Hall–Kier alpha value is -2.83. The molecule has 0 unspecified atom stereocenters. The monoisotopic (exact) mass is 484 g/mol. The Kier molecular flexibility index (Phi) is 8.16. The minimum absolute atomic E-state index is 0.138. The van der Waals surface area contributed by atoms with Gasteiger partial charge in [0.1, 0.15) is 0 Å². The number of hydrogen-bond acceptors (Lipinski definition) is 3. The Bertz CT molecular complexity index is 1200. The van der Waals surface area contributed by atoms with Crippen molar-refractivity contribution in [1.29, 1.82) is 0 Å². The molecule has 1 amide bonds. The maximum atomic E-state index is 12.9. The number of halogens is 1. The Morgan fingerprint density at radius 1 is 0.939 bits per heavy atom. The predicted molar refractivity (Wildman–Crippen MR) is 135 cm³/mol. The third-order valence-electron chi connectivity index (χ3n) is 5.52. The summed E-state index contributed by atoms with van der Waals surface area (Å²) in [5.74, 6) is -0.138. The summed E-state index contributed by atoms with van der Waals surface area (Å²) < 4.78 is 26.2. The molecule has 0 spiro atoms. The molecule has 0 fully saturated rings. The van der Waals surface area contributed by atoms with Crippen molar-refractivity contribution >= 4 is 33.2 Å². The Morgan fingerprint density at radius 2 is 1.58 bits per heavy atom. The molecule has 1 N–H and O–H groups in total. The van der Waals surface area contributed by atoms with Gasteiger partial charge in [-0.3, -0.25) is 9.10 Å². The molecule has 5 nitrogen and oxygen atoms in total. The average Bonchev–Trinajstić information content (AvgIpc) is 2.78. The fourth-order valence-electron chi connectivity index (χ4n) is 3.71. The summed E-state index contributed by atoms with van der Waals surface area (Å²) in [5.41, 5.74) is 4.35. The molecule has 0 aliphatic heterocycles. The van der Waals surface area contributed by atoms with Crippen LogP contribution in [0.5, 0.6) is 0 Å². The molecule has 3 rings (SSSR count). The van der Waals surface area contributed by atoms with Gasteiger partial charge in [0.2, 0.25) is 15.9 Å². The summed E-state index contributed by atoms with van der Waals surface area (Å²) in [5, 5.41) is 3.62. The van der Waals surface area contributed by atoms with Gasteiger partial charge in [-0.2, -0.15) is 0 Å². The van der Waals surface area contributed by atoms with Crippen LogP contribution in [0.1, 0.15) is 41.1 Å². The van der Waals surface area contributed by atoms with Crippen LogP contribution in [-0.4, -0.2) is 27.1 Å². The second kappa shape index (κ2) is 10.9. The highest BCUT2D eigenvalue weighted by atomic mass is 35.5.